The fraction of sp³-hybridized carbons (Fsp3) is 0.0833. The molecule has 15 heavy (non-hydrogen) atoms. The van der Waals surface area contributed by atoms with Crippen LogP contribution in [-0.2, 0) is 0 Å². The standard InChI is InChI=1S/C12H10BrNO/c1-8-5-11(12(7-15)14-8)9-3-2-4-10(13)6-9/h2-7,14H,1H3. The number of aldehydes is 1. The smallest absolute Gasteiger partial charge is 0.166 e. The lowest BCUT2D eigenvalue weighted by atomic mass is 10.1. The predicted molar refractivity (Wildman–Crippen MR) is 64.1 cm³/mol. The van der Waals surface area contributed by atoms with E-state index in [-0.39, 0.29) is 0 Å². The maximum absolute atomic E-state index is 10.9. The van der Waals surface area contributed by atoms with Crippen molar-refractivity contribution < 1.29 is 4.79 Å². The van der Waals surface area contributed by atoms with Gasteiger partial charge in [0.1, 0.15) is 0 Å². The zero-order chi connectivity index (χ0) is 10.8. The number of carbonyl (C=O) groups excluding carboxylic acids is 1. The molecule has 0 aliphatic heterocycles. The van der Waals surface area contributed by atoms with Gasteiger partial charge >= 0.3 is 0 Å². The summed E-state index contributed by atoms with van der Waals surface area (Å²) in [5, 5.41) is 0. The van der Waals surface area contributed by atoms with Gasteiger partial charge < -0.3 is 4.98 Å². The molecule has 0 fully saturated rings. The maximum atomic E-state index is 10.9. The van der Waals surface area contributed by atoms with E-state index in [2.05, 4.69) is 20.9 Å². The summed E-state index contributed by atoms with van der Waals surface area (Å²) in [4.78, 5) is 13.9. The lowest BCUT2D eigenvalue weighted by Gasteiger charge is -1.99. The summed E-state index contributed by atoms with van der Waals surface area (Å²) in [5.41, 5.74) is 3.61. The van der Waals surface area contributed by atoms with Gasteiger partial charge in [-0.05, 0) is 30.7 Å². The number of aryl methyl sites for hydroxylation is 1. The Labute approximate surface area is 96.5 Å². The van der Waals surface area contributed by atoms with Gasteiger partial charge in [-0.25, -0.2) is 0 Å². The first-order chi connectivity index (χ1) is 7.20. The van der Waals surface area contributed by atoms with E-state index in [0.717, 1.165) is 27.6 Å². The summed E-state index contributed by atoms with van der Waals surface area (Å²) >= 11 is 3.41. The minimum Gasteiger partial charge on any atom is -0.356 e. The van der Waals surface area contributed by atoms with E-state index in [1.165, 1.54) is 0 Å². The summed E-state index contributed by atoms with van der Waals surface area (Å²) in [6, 6.07) is 9.88. The van der Waals surface area contributed by atoms with Gasteiger partial charge in [0.2, 0.25) is 0 Å². The summed E-state index contributed by atoms with van der Waals surface area (Å²) < 4.78 is 1.01. The molecule has 0 saturated heterocycles. The van der Waals surface area contributed by atoms with E-state index in [0.29, 0.717) is 5.69 Å². The van der Waals surface area contributed by atoms with E-state index < -0.39 is 0 Å². The Morgan fingerprint density at radius 1 is 1.33 bits per heavy atom. The molecule has 2 nitrogen and oxygen atoms in total. The van der Waals surface area contributed by atoms with Crippen LogP contribution in [0, 0.1) is 6.92 Å². The highest BCUT2D eigenvalue weighted by Crippen LogP contribution is 2.26. The van der Waals surface area contributed by atoms with Crippen molar-refractivity contribution in [2.24, 2.45) is 0 Å². The third kappa shape index (κ3) is 2.02. The van der Waals surface area contributed by atoms with Crippen LogP contribution in [-0.4, -0.2) is 11.3 Å². The summed E-state index contributed by atoms with van der Waals surface area (Å²) in [6.45, 7) is 1.94. The van der Waals surface area contributed by atoms with Crippen LogP contribution in [0.25, 0.3) is 11.1 Å². The summed E-state index contributed by atoms with van der Waals surface area (Å²) in [6.07, 6.45) is 0.850. The average Bonchev–Trinajstić information content (AvgIpc) is 2.59. The highest BCUT2D eigenvalue weighted by atomic mass is 79.9. The van der Waals surface area contributed by atoms with Gasteiger partial charge in [0.05, 0.1) is 5.69 Å². The molecule has 1 N–H and O–H groups in total. The molecular formula is C12H10BrNO. The second kappa shape index (κ2) is 4.03. The lowest BCUT2D eigenvalue weighted by Crippen LogP contribution is -1.84. The molecule has 3 heteroatoms. The Kier molecular flexibility index (Phi) is 2.73. The van der Waals surface area contributed by atoms with E-state index in [9.17, 15) is 4.79 Å². The van der Waals surface area contributed by atoms with Crippen molar-refractivity contribution in [1.29, 1.82) is 0 Å². The molecule has 0 atom stereocenters. The number of rotatable bonds is 2. The third-order valence-corrected chi connectivity index (χ3v) is 2.73. The van der Waals surface area contributed by atoms with Gasteiger partial charge in [0.25, 0.3) is 0 Å². The van der Waals surface area contributed by atoms with Gasteiger partial charge in [-0.15, -0.1) is 0 Å². The molecular weight excluding hydrogens is 254 g/mol. The van der Waals surface area contributed by atoms with Gasteiger partial charge in [-0.2, -0.15) is 0 Å². The number of aromatic amines is 1. The van der Waals surface area contributed by atoms with Crippen molar-refractivity contribution in [2.75, 3.05) is 0 Å². The first-order valence-corrected chi connectivity index (χ1v) is 5.41. The quantitative estimate of drug-likeness (QED) is 0.826. The molecule has 0 unspecified atom stereocenters. The SMILES string of the molecule is Cc1cc(-c2cccc(Br)c2)c(C=O)[nH]1. The number of aromatic nitrogens is 1. The first kappa shape index (κ1) is 10.2. The molecule has 0 spiro atoms. The Hall–Kier alpha value is -1.35. The van der Waals surface area contributed by atoms with Gasteiger partial charge in [0, 0.05) is 15.7 Å². The third-order valence-electron chi connectivity index (χ3n) is 2.24. The van der Waals surface area contributed by atoms with Crippen LogP contribution in [0.5, 0.6) is 0 Å². The predicted octanol–water partition coefficient (Wildman–Crippen LogP) is 3.57. The molecule has 0 aliphatic carbocycles. The van der Waals surface area contributed by atoms with Crippen LogP contribution >= 0.6 is 15.9 Å². The van der Waals surface area contributed by atoms with E-state index in [1.54, 1.807) is 0 Å². The minimum atomic E-state index is 0.630. The normalized spacial score (nSPS) is 10.3. The molecule has 1 aromatic heterocycles. The molecule has 0 aliphatic rings. The van der Waals surface area contributed by atoms with Gasteiger partial charge in [-0.3, -0.25) is 4.79 Å². The van der Waals surface area contributed by atoms with Crippen LogP contribution in [0.2, 0.25) is 0 Å². The second-order valence-corrected chi connectivity index (χ2v) is 4.32. The fourth-order valence-corrected chi connectivity index (χ4v) is 2.00. The maximum Gasteiger partial charge on any atom is 0.166 e. The lowest BCUT2D eigenvalue weighted by molar-refractivity contribution is 0.112. The van der Waals surface area contributed by atoms with Crippen molar-refractivity contribution in [3.63, 3.8) is 0 Å². The van der Waals surface area contributed by atoms with Crippen molar-refractivity contribution in [1.82, 2.24) is 4.98 Å². The number of hydrogen-bond acceptors (Lipinski definition) is 1. The summed E-state index contributed by atoms with van der Waals surface area (Å²) in [5.74, 6) is 0. The number of benzene rings is 1. The molecule has 0 saturated carbocycles. The highest BCUT2D eigenvalue weighted by molar-refractivity contribution is 9.10. The molecule has 76 valence electrons. The molecule has 0 bridgehead atoms. The topological polar surface area (TPSA) is 32.9 Å². The number of nitrogens with one attached hydrogen (secondary N) is 1. The van der Waals surface area contributed by atoms with Gasteiger partial charge in [-0.1, -0.05) is 28.1 Å². The fourth-order valence-electron chi connectivity index (χ4n) is 1.60. The Bertz CT molecular complexity index is 502. The number of H-pyrrole nitrogens is 1. The van der Waals surface area contributed by atoms with E-state index in [4.69, 9.17) is 0 Å². The Morgan fingerprint density at radius 2 is 2.13 bits per heavy atom. The highest BCUT2D eigenvalue weighted by Gasteiger charge is 2.07. The van der Waals surface area contributed by atoms with Crippen LogP contribution in [0.4, 0.5) is 0 Å². The van der Waals surface area contributed by atoms with Gasteiger partial charge in [0.15, 0.2) is 6.29 Å². The molecule has 1 heterocycles. The Morgan fingerprint density at radius 3 is 2.80 bits per heavy atom. The zero-order valence-corrected chi connectivity index (χ0v) is 9.84. The molecule has 2 aromatic rings. The van der Waals surface area contributed by atoms with Crippen molar-refractivity contribution >= 4 is 22.2 Å². The van der Waals surface area contributed by atoms with Crippen LogP contribution in [0.15, 0.2) is 34.8 Å². The average molecular weight is 264 g/mol. The molecule has 2 rings (SSSR count). The monoisotopic (exact) mass is 263 g/mol. The number of halogens is 1. The van der Waals surface area contributed by atoms with Crippen LogP contribution in [0.3, 0.4) is 0 Å². The number of carbonyl (C=O) groups is 1. The van der Waals surface area contributed by atoms with Crippen molar-refractivity contribution in [3.05, 3.63) is 46.2 Å². The first-order valence-electron chi connectivity index (χ1n) is 4.61. The van der Waals surface area contributed by atoms with E-state index >= 15 is 0 Å². The zero-order valence-electron chi connectivity index (χ0n) is 8.25. The van der Waals surface area contributed by atoms with Crippen LogP contribution in [0.1, 0.15) is 16.2 Å². The van der Waals surface area contributed by atoms with Crippen molar-refractivity contribution in [3.8, 4) is 11.1 Å². The molecule has 1 aromatic carbocycles. The van der Waals surface area contributed by atoms with Crippen molar-refractivity contribution in [2.45, 2.75) is 6.92 Å². The molecule has 0 radical (unpaired) electrons. The minimum absolute atomic E-state index is 0.630. The summed E-state index contributed by atoms with van der Waals surface area (Å²) in [7, 11) is 0. The van der Waals surface area contributed by atoms with Crippen LogP contribution < -0.4 is 0 Å². The Balaban J connectivity index is 2.57. The molecule has 0 amide bonds. The second-order valence-electron chi connectivity index (χ2n) is 3.41. The van der Waals surface area contributed by atoms with E-state index in [1.807, 2.05) is 37.3 Å². The largest absolute Gasteiger partial charge is 0.356 e. The number of hydrogen-bond donors (Lipinski definition) is 1.